The van der Waals surface area contributed by atoms with Crippen LogP contribution in [0.3, 0.4) is 0 Å². The quantitative estimate of drug-likeness (QED) is 0.522. The van der Waals surface area contributed by atoms with E-state index in [0.29, 0.717) is 0 Å². The maximum Gasteiger partial charge on any atom is 0.363 e. The van der Waals surface area contributed by atoms with Gasteiger partial charge in [-0.2, -0.15) is 0 Å². The molecule has 1 heterocycles. The van der Waals surface area contributed by atoms with E-state index in [1.165, 1.54) is 25.1 Å². The zero-order valence-electron chi connectivity index (χ0n) is 7.93. The molecule has 0 aromatic carbocycles. The Morgan fingerprint density at radius 3 is 2.23 bits per heavy atom. The molecule has 72 valence electrons. The standard InChI is InChI=1S/C5H4N2O2.C4H10/c8-7(9)5-3-1-2-4-6-5;1-3-4-2/h1-4H;3-4H2,1-2H3. The van der Waals surface area contributed by atoms with Crippen molar-refractivity contribution in [2.45, 2.75) is 26.7 Å². The molecule has 0 spiro atoms. The lowest BCUT2D eigenvalue weighted by Gasteiger charge is -1.86. The average Bonchev–Trinajstić information content (AvgIpc) is 2.19. The number of rotatable bonds is 2. The minimum Gasteiger partial charge on any atom is -0.358 e. The van der Waals surface area contributed by atoms with Crippen molar-refractivity contribution in [3.8, 4) is 0 Å². The Morgan fingerprint density at radius 2 is 2.00 bits per heavy atom. The average molecular weight is 182 g/mol. The SMILES string of the molecule is CCCC.O=[N+]([O-])c1ccccn1. The summed E-state index contributed by atoms with van der Waals surface area (Å²) in [6.45, 7) is 4.36. The van der Waals surface area contributed by atoms with Crippen molar-refractivity contribution in [2.24, 2.45) is 0 Å². The Labute approximate surface area is 77.8 Å². The van der Waals surface area contributed by atoms with E-state index in [1.807, 2.05) is 0 Å². The first-order valence-corrected chi connectivity index (χ1v) is 4.27. The number of nitro groups is 1. The second-order valence-corrected chi connectivity index (χ2v) is 2.45. The fourth-order valence-electron chi connectivity index (χ4n) is 0.462. The van der Waals surface area contributed by atoms with E-state index in [1.54, 1.807) is 12.1 Å². The fourth-order valence-corrected chi connectivity index (χ4v) is 0.462. The molecule has 0 aliphatic heterocycles. The molecule has 0 N–H and O–H groups in total. The molecular formula is C9H14N2O2. The maximum absolute atomic E-state index is 9.94. The molecule has 0 saturated heterocycles. The summed E-state index contributed by atoms with van der Waals surface area (Å²) >= 11 is 0. The third-order valence-corrected chi connectivity index (χ3v) is 1.34. The molecule has 0 aliphatic carbocycles. The summed E-state index contributed by atoms with van der Waals surface area (Å²) in [5.41, 5.74) is 0. The highest BCUT2D eigenvalue weighted by molar-refractivity contribution is 5.16. The number of pyridine rings is 1. The lowest BCUT2D eigenvalue weighted by atomic mass is 10.4. The number of hydrogen-bond acceptors (Lipinski definition) is 3. The van der Waals surface area contributed by atoms with E-state index in [4.69, 9.17) is 0 Å². The first-order chi connectivity index (χ1) is 6.22. The summed E-state index contributed by atoms with van der Waals surface area (Å²) in [5.74, 6) is -0.113. The smallest absolute Gasteiger partial charge is 0.358 e. The van der Waals surface area contributed by atoms with Gasteiger partial charge in [0.15, 0.2) is 0 Å². The first kappa shape index (κ1) is 11.6. The van der Waals surface area contributed by atoms with E-state index >= 15 is 0 Å². The molecule has 1 aromatic rings. The zero-order valence-corrected chi connectivity index (χ0v) is 7.93. The summed E-state index contributed by atoms with van der Waals surface area (Å²) in [4.78, 5) is 12.9. The minimum absolute atomic E-state index is 0.113. The maximum atomic E-state index is 9.94. The van der Waals surface area contributed by atoms with Gasteiger partial charge in [0, 0.05) is 6.07 Å². The fraction of sp³-hybridized carbons (Fsp3) is 0.444. The van der Waals surface area contributed by atoms with Crippen LogP contribution in [0, 0.1) is 10.1 Å². The topological polar surface area (TPSA) is 56.0 Å². The molecule has 0 radical (unpaired) electrons. The minimum atomic E-state index is -0.528. The number of hydrogen-bond donors (Lipinski definition) is 0. The van der Waals surface area contributed by atoms with E-state index in [9.17, 15) is 10.1 Å². The van der Waals surface area contributed by atoms with Crippen molar-refractivity contribution in [3.05, 3.63) is 34.5 Å². The molecular weight excluding hydrogens is 168 g/mol. The van der Waals surface area contributed by atoms with E-state index in [-0.39, 0.29) is 5.82 Å². The van der Waals surface area contributed by atoms with Crippen LogP contribution in [0.5, 0.6) is 0 Å². The van der Waals surface area contributed by atoms with E-state index < -0.39 is 4.92 Å². The van der Waals surface area contributed by atoms with Crippen LogP contribution in [0.15, 0.2) is 24.4 Å². The summed E-state index contributed by atoms with van der Waals surface area (Å²) in [6, 6.07) is 4.55. The third-order valence-electron chi connectivity index (χ3n) is 1.34. The molecule has 0 saturated carbocycles. The van der Waals surface area contributed by atoms with Gasteiger partial charge in [0.2, 0.25) is 0 Å². The lowest BCUT2D eigenvalue weighted by molar-refractivity contribution is -0.389. The van der Waals surface area contributed by atoms with Gasteiger partial charge in [-0.05, 0) is 16.0 Å². The Hall–Kier alpha value is -1.45. The molecule has 0 fully saturated rings. The van der Waals surface area contributed by atoms with Crippen LogP contribution in [-0.2, 0) is 0 Å². The Balaban J connectivity index is 0.000000310. The molecule has 1 rings (SSSR count). The molecule has 4 nitrogen and oxygen atoms in total. The van der Waals surface area contributed by atoms with Gasteiger partial charge in [-0.3, -0.25) is 0 Å². The van der Waals surface area contributed by atoms with Crippen molar-refractivity contribution >= 4 is 5.82 Å². The zero-order chi connectivity index (χ0) is 10.1. The van der Waals surface area contributed by atoms with Gasteiger partial charge in [-0.1, -0.05) is 32.8 Å². The van der Waals surface area contributed by atoms with Crippen LogP contribution in [0.2, 0.25) is 0 Å². The summed E-state index contributed by atoms with van der Waals surface area (Å²) < 4.78 is 0. The third kappa shape index (κ3) is 5.78. The van der Waals surface area contributed by atoms with Crippen molar-refractivity contribution < 1.29 is 4.92 Å². The molecule has 0 aliphatic rings. The monoisotopic (exact) mass is 182 g/mol. The predicted octanol–water partition coefficient (Wildman–Crippen LogP) is 2.80. The van der Waals surface area contributed by atoms with Gasteiger partial charge >= 0.3 is 5.82 Å². The van der Waals surface area contributed by atoms with Crippen molar-refractivity contribution in [2.75, 3.05) is 0 Å². The van der Waals surface area contributed by atoms with Crippen LogP contribution in [-0.4, -0.2) is 9.91 Å². The van der Waals surface area contributed by atoms with Gasteiger partial charge in [-0.15, -0.1) is 0 Å². The predicted molar refractivity (Wildman–Crippen MR) is 51.5 cm³/mol. The lowest BCUT2D eigenvalue weighted by Crippen LogP contribution is -1.88. The van der Waals surface area contributed by atoms with E-state index in [0.717, 1.165) is 0 Å². The molecule has 13 heavy (non-hydrogen) atoms. The van der Waals surface area contributed by atoms with Gasteiger partial charge < -0.3 is 10.1 Å². The molecule has 0 atom stereocenters. The van der Waals surface area contributed by atoms with E-state index in [2.05, 4.69) is 18.8 Å². The van der Waals surface area contributed by atoms with Crippen LogP contribution >= 0.6 is 0 Å². The molecule has 0 amide bonds. The molecule has 4 heteroatoms. The van der Waals surface area contributed by atoms with Crippen LogP contribution in [0.25, 0.3) is 0 Å². The molecule has 0 unspecified atom stereocenters. The van der Waals surface area contributed by atoms with Gasteiger partial charge in [0.05, 0.1) is 0 Å². The normalized spacial score (nSPS) is 8.46. The second-order valence-electron chi connectivity index (χ2n) is 2.45. The Morgan fingerprint density at radius 1 is 1.38 bits per heavy atom. The van der Waals surface area contributed by atoms with Crippen LogP contribution < -0.4 is 0 Å². The summed E-state index contributed by atoms with van der Waals surface area (Å²) in [5, 5.41) is 9.94. The Kier molecular flexibility index (Phi) is 6.41. The van der Waals surface area contributed by atoms with Crippen LogP contribution in [0.1, 0.15) is 26.7 Å². The number of unbranched alkanes of at least 4 members (excludes halogenated alkanes) is 1. The summed E-state index contributed by atoms with van der Waals surface area (Å²) in [6.07, 6.45) is 4.03. The number of nitrogens with zero attached hydrogens (tertiary/aromatic N) is 2. The first-order valence-electron chi connectivity index (χ1n) is 4.27. The molecule has 1 aromatic heterocycles. The van der Waals surface area contributed by atoms with Crippen LogP contribution in [0.4, 0.5) is 5.82 Å². The van der Waals surface area contributed by atoms with Gasteiger partial charge in [0.25, 0.3) is 0 Å². The van der Waals surface area contributed by atoms with Crippen molar-refractivity contribution in [1.29, 1.82) is 0 Å². The van der Waals surface area contributed by atoms with Crippen molar-refractivity contribution in [3.63, 3.8) is 0 Å². The highest BCUT2D eigenvalue weighted by atomic mass is 16.6. The summed E-state index contributed by atoms with van der Waals surface area (Å²) in [7, 11) is 0. The van der Waals surface area contributed by atoms with Crippen molar-refractivity contribution in [1.82, 2.24) is 4.98 Å². The van der Waals surface area contributed by atoms with Gasteiger partial charge in [0.1, 0.15) is 6.20 Å². The Bertz CT molecular complexity index is 235. The van der Waals surface area contributed by atoms with Gasteiger partial charge in [-0.25, -0.2) is 0 Å². The largest absolute Gasteiger partial charge is 0.363 e. The number of aromatic nitrogens is 1. The molecule has 0 bridgehead atoms. The highest BCUT2D eigenvalue weighted by Gasteiger charge is 2.00. The highest BCUT2D eigenvalue weighted by Crippen LogP contribution is 2.01. The second kappa shape index (κ2) is 7.21.